The van der Waals surface area contributed by atoms with E-state index in [-0.39, 0.29) is 0 Å². The molecule has 0 saturated carbocycles. The lowest BCUT2D eigenvalue weighted by Gasteiger charge is -2.20. The van der Waals surface area contributed by atoms with Crippen molar-refractivity contribution in [2.75, 3.05) is 6.16 Å². The normalized spacial score (nSPS) is 15.8. The lowest BCUT2D eigenvalue weighted by molar-refractivity contribution is 0.540. The summed E-state index contributed by atoms with van der Waals surface area (Å²) in [5, 5.41) is 0.493. The first-order valence-corrected chi connectivity index (χ1v) is 6.24. The summed E-state index contributed by atoms with van der Waals surface area (Å²) in [6.45, 7) is 16.0. The van der Waals surface area contributed by atoms with E-state index < -0.39 is 0 Å². The van der Waals surface area contributed by atoms with Crippen LogP contribution in [0.3, 0.4) is 0 Å². The summed E-state index contributed by atoms with van der Waals surface area (Å²) >= 11 is 0. The molecule has 0 saturated heterocycles. The number of hydrogen-bond acceptors (Lipinski definition) is 0. The highest BCUT2D eigenvalue weighted by atomic mass is 31.1. The van der Waals surface area contributed by atoms with Crippen molar-refractivity contribution < 1.29 is 0 Å². The lowest BCUT2D eigenvalue weighted by atomic mass is 9.94. The number of rotatable bonds is 2. The highest BCUT2D eigenvalue weighted by Crippen LogP contribution is 2.32. The van der Waals surface area contributed by atoms with Crippen molar-refractivity contribution in [1.82, 2.24) is 0 Å². The summed E-state index contributed by atoms with van der Waals surface area (Å²) in [6.07, 6.45) is 3.66. The van der Waals surface area contributed by atoms with Gasteiger partial charge in [-0.2, -0.15) is 0 Å². The van der Waals surface area contributed by atoms with Gasteiger partial charge in [-0.1, -0.05) is 53.2 Å². The molecule has 0 bridgehead atoms. The molecular weight excluding hydrogens is 175 g/mol. The molecule has 0 amide bonds. The van der Waals surface area contributed by atoms with E-state index in [2.05, 4.69) is 54.5 Å². The Hall–Kier alpha value is 0.170. The van der Waals surface area contributed by atoms with Crippen LogP contribution in [0.4, 0.5) is 0 Å². The van der Waals surface area contributed by atoms with Gasteiger partial charge in [-0.05, 0) is 23.7 Å². The first-order valence-electron chi connectivity index (χ1n) is 5.03. The fraction of sp³-hybridized carbons (Fsp3) is 0.833. The Morgan fingerprint density at radius 1 is 1.08 bits per heavy atom. The van der Waals surface area contributed by atoms with Gasteiger partial charge >= 0.3 is 0 Å². The van der Waals surface area contributed by atoms with E-state index in [1.165, 1.54) is 6.16 Å². The minimum absolute atomic E-state index is 0.340. The molecular formula is C12H25P. The maximum Gasteiger partial charge on any atom is -0.0140 e. The van der Waals surface area contributed by atoms with E-state index in [0.29, 0.717) is 10.6 Å². The van der Waals surface area contributed by atoms with Gasteiger partial charge in [-0.3, -0.25) is 0 Å². The van der Waals surface area contributed by atoms with Gasteiger partial charge in [0.15, 0.2) is 0 Å². The van der Waals surface area contributed by atoms with Crippen LogP contribution < -0.4 is 0 Å². The zero-order valence-electron chi connectivity index (χ0n) is 10.3. The third-order valence-electron chi connectivity index (χ3n) is 1.58. The fourth-order valence-corrected chi connectivity index (χ4v) is 2.11. The highest BCUT2D eigenvalue weighted by molar-refractivity contribution is 7.40. The first kappa shape index (κ1) is 13.2. The molecule has 0 radical (unpaired) electrons. The quantitative estimate of drug-likeness (QED) is 0.456. The van der Waals surface area contributed by atoms with Gasteiger partial charge in [0.2, 0.25) is 0 Å². The SMILES string of the molecule is C/C(=C/C(C)(C)C)CPC(C)(C)C. The van der Waals surface area contributed by atoms with Gasteiger partial charge in [0.25, 0.3) is 0 Å². The predicted molar refractivity (Wildman–Crippen MR) is 66.1 cm³/mol. The van der Waals surface area contributed by atoms with Gasteiger partial charge in [0, 0.05) is 0 Å². The van der Waals surface area contributed by atoms with Crippen LogP contribution in [0.2, 0.25) is 0 Å². The van der Waals surface area contributed by atoms with Crippen LogP contribution in [-0.4, -0.2) is 11.3 Å². The molecule has 0 aliphatic heterocycles. The largest absolute Gasteiger partial charge is 0.112 e. The molecule has 1 unspecified atom stereocenters. The Labute approximate surface area is 86.0 Å². The molecule has 0 aromatic carbocycles. The molecule has 0 aromatic heterocycles. The summed E-state index contributed by atoms with van der Waals surface area (Å²) in [5.74, 6) is 0. The zero-order chi connectivity index (χ0) is 10.7. The van der Waals surface area contributed by atoms with Gasteiger partial charge in [-0.25, -0.2) is 0 Å². The smallest absolute Gasteiger partial charge is 0.0140 e. The summed E-state index contributed by atoms with van der Waals surface area (Å²) in [5.41, 5.74) is 1.88. The third-order valence-corrected chi connectivity index (χ3v) is 3.37. The van der Waals surface area contributed by atoms with Crippen LogP contribution in [-0.2, 0) is 0 Å². The average molecular weight is 200 g/mol. The molecule has 0 aromatic rings. The molecule has 78 valence electrons. The zero-order valence-corrected chi connectivity index (χ0v) is 11.3. The van der Waals surface area contributed by atoms with Crippen molar-refractivity contribution in [1.29, 1.82) is 0 Å². The van der Waals surface area contributed by atoms with E-state index >= 15 is 0 Å². The molecule has 0 spiro atoms. The first-order chi connectivity index (χ1) is 5.60. The summed E-state index contributed by atoms with van der Waals surface area (Å²) in [6, 6.07) is 0. The second-order valence-electron chi connectivity index (χ2n) is 5.96. The van der Waals surface area contributed by atoms with Crippen molar-refractivity contribution in [2.24, 2.45) is 5.41 Å². The minimum Gasteiger partial charge on any atom is -0.112 e. The van der Waals surface area contributed by atoms with E-state index in [0.717, 1.165) is 8.58 Å². The summed E-state index contributed by atoms with van der Waals surface area (Å²) in [7, 11) is 1.04. The van der Waals surface area contributed by atoms with Crippen LogP contribution in [0.25, 0.3) is 0 Å². The molecule has 1 heteroatoms. The van der Waals surface area contributed by atoms with Gasteiger partial charge in [0.1, 0.15) is 0 Å². The summed E-state index contributed by atoms with van der Waals surface area (Å²) < 4.78 is 0. The molecule has 13 heavy (non-hydrogen) atoms. The van der Waals surface area contributed by atoms with Crippen LogP contribution >= 0.6 is 8.58 Å². The average Bonchev–Trinajstić information content (AvgIpc) is 1.78. The van der Waals surface area contributed by atoms with E-state index in [4.69, 9.17) is 0 Å². The van der Waals surface area contributed by atoms with E-state index in [9.17, 15) is 0 Å². The van der Waals surface area contributed by atoms with Crippen LogP contribution in [0.1, 0.15) is 48.5 Å². The molecule has 0 fully saturated rings. The Morgan fingerprint density at radius 3 is 1.85 bits per heavy atom. The lowest BCUT2D eigenvalue weighted by Crippen LogP contribution is -2.07. The van der Waals surface area contributed by atoms with Crippen molar-refractivity contribution in [2.45, 2.75) is 53.6 Å². The fourth-order valence-electron chi connectivity index (χ4n) is 1.19. The Bertz CT molecular complexity index is 176. The van der Waals surface area contributed by atoms with E-state index in [1.807, 2.05) is 0 Å². The molecule has 0 aliphatic rings. The minimum atomic E-state index is 0.340. The van der Waals surface area contributed by atoms with Crippen LogP contribution in [0, 0.1) is 5.41 Å². The molecule has 0 N–H and O–H groups in total. The number of hydrogen-bond donors (Lipinski definition) is 0. The predicted octanol–water partition coefficient (Wildman–Crippen LogP) is 4.46. The summed E-state index contributed by atoms with van der Waals surface area (Å²) in [4.78, 5) is 0. The van der Waals surface area contributed by atoms with Crippen LogP contribution in [0.15, 0.2) is 11.6 Å². The molecule has 0 heterocycles. The van der Waals surface area contributed by atoms with E-state index in [1.54, 1.807) is 5.57 Å². The number of allylic oxidation sites excluding steroid dienone is 2. The highest BCUT2D eigenvalue weighted by Gasteiger charge is 2.11. The van der Waals surface area contributed by atoms with Crippen LogP contribution in [0.5, 0.6) is 0 Å². The van der Waals surface area contributed by atoms with Crippen molar-refractivity contribution >= 4 is 8.58 Å². The molecule has 0 nitrogen and oxygen atoms in total. The van der Waals surface area contributed by atoms with Gasteiger partial charge < -0.3 is 0 Å². The van der Waals surface area contributed by atoms with Crippen molar-refractivity contribution in [3.05, 3.63) is 11.6 Å². The van der Waals surface area contributed by atoms with Gasteiger partial charge in [0.05, 0.1) is 0 Å². The Balaban J connectivity index is 4.02. The second kappa shape index (κ2) is 4.60. The van der Waals surface area contributed by atoms with Crippen molar-refractivity contribution in [3.63, 3.8) is 0 Å². The molecule has 0 aliphatic carbocycles. The maximum atomic E-state index is 2.39. The Kier molecular flexibility index (Phi) is 4.66. The third kappa shape index (κ3) is 10.1. The molecule has 1 atom stereocenters. The second-order valence-corrected chi connectivity index (χ2v) is 8.17. The topological polar surface area (TPSA) is 0 Å². The molecule has 0 rings (SSSR count). The standard InChI is InChI=1S/C12H25P/c1-10(8-11(2,3)4)9-13-12(5,6)7/h8,13H,9H2,1-7H3/b10-8-. The monoisotopic (exact) mass is 200 g/mol. The Morgan fingerprint density at radius 2 is 1.54 bits per heavy atom. The van der Waals surface area contributed by atoms with Gasteiger partial charge in [-0.15, -0.1) is 8.58 Å². The van der Waals surface area contributed by atoms with Crippen molar-refractivity contribution in [3.8, 4) is 0 Å². The maximum absolute atomic E-state index is 2.39.